The van der Waals surface area contributed by atoms with Gasteiger partial charge in [-0.25, -0.2) is 4.98 Å². The Kier molecular flexibility index (Phi) is 6.39. The molecular weight excluding hydrogens is 356 g/mol. The van der Waals surface area contributed by atoms with Crippen LogP contribution < -0.4 is 10.1 Å². The van der Waals surface area contributed by atoms with E-state index in [-0.39, 0.29) is 5.91 Å². The highest BCUT2D eigenvalue weighted by Gasteiger charge is 2.11. The average molecular weight is 378 g/mol. The Morgan fingerprint density at radius 1 is 1.15 bits per heavy atom. The molecule has 5 heteroatoms. The predicted molar refractivity (Wildman–Crippen MR) is 112 cm³/mol. The van der Waals surface area contributed by atoms with Crippen LogP contribution in [0.4, 0.5) is 5.13 Å². The topological polar surface area (TPSA) is 51.2 Å². The lowest BCUT2D eigenvalue weighted by atomic mass is 10.1. The molecule has 0 unspecified atom stereocenters. The number of carbonyl (C=O) groups is 1. The van der Waals surface area contributed by atoms with E-state index >= 15 is 0 Å². The number of aromatic nitrogens is 1. The maximum absolute atomic E-state index is 12.3. The first-order valence-corrected chi connectivity index (χ1v) is 9.72. The van der Waals surface area contributed by atoms with Gasteiger partial charge in [0.15, 0.2) is 5.13 Å². The number of nitrogens with zero attached hydrogens (tertiary/aromatic N) is 1. The molecule has 1 heterocycles. The molecule has 0 aliphatic carbocycles. The molecule has 0 spiro atoms. The number of nitrogens with one attached hydrogen (secondary N) is 1. The predicted octanol–water partition coefficient (Wildman–Crippen LogP) is 5.56. The summed E-state index contributed by atoms with van der Waals surface area (Å²) in [6.07, 6.45) is 4.21. The monoisotopic (exact) mass is 378 g/mol. The number of rotatable bonds is 7. The van der Waals surface area contributed by atoms with Crippen molar-refractivity contribution in [1.82, 2.24) is 4.98 Å². The number of anilines is 1. The minimum absolute atomic E-state index is 0.214. The molecule has 0 aliphatic heterocycles. The first-order valence-electron chi connectivity index (χ1n) is 8.91. The Balaban J connectivity index is 1.69. The van der Waals surface area contributed by atoms with E-state index in [9.17, 15) is 4.79 Å². The minimum atomic E-state index is -0.214. The molecule has 4 nitrogen and oxygen atoms in total. The van der Waals surface area contributed by atoms with Gasteiger partial charge in [-0.2, -0.15) is 0 Å². The molecule has 138 valence electrons. The van der Waals surface area contributed by atoms with Crippen LogP contribution in [0.2, 0.25) is 0 Å². The van der Waals surface area contributed by atoms with Crippen molar-refractivity contribution >= 4 is 28.5 Å². The molecule has 27 heavy (non-hydrogen) atoms. The standard InChI is InChI=1S/C22H22N2O2S/c1-3-15-26-19-12-8-7-9-17(19)13-14-20(25)23-22-24-21(16(2)27-22)18-10-5-4-6-11-18/h4-14H,3,15H2,1-2H3,(H,23,24,25). The Morgan fingerprint density at radius 3 is 2.67 bits per heavy atom. The van der Waals surface area contributed by atoms with Gasteiger partial charge in [0.2, 0.25) is 5.91 Å². The second-order valence-corrected chi connectivity index (χ2v) is 7.20. The Bertz CT molecular complexity index is 932. The third-order valence-electron chi connectivity index (χ3n) is 3.87. The average Bonchev–Trinajstić information content (AvgIpc) is 3.06. The zero-order valence-corrected chi connectivity index (χ0v) is 16.3. The number of hydrogen-bond donors (Lipinski definition) is 1. The van der Waals surface area contributed by atoms with E-state index in [0.29, 0.717) is 11.7 Å². The van der Waals surface area contributed by atoms with Crippen LogP contribution in [-0.4, -0.2) is 17.5 Å². The van der Waals surface area contributed by atoms with E-state index < -0.39 is 0 Å². The summed E-state index contributed by atoms with van der Waals surface area (Å²) >= 11 is 1.47. The molecule has 0 bridgehead atoms. The molecule has 0 radical (unpaired) electrons. The van der Waals surface area contributed by atoms with Crippen LogP contribution in [-0.2, 0) is 4.79 Å². The van der Waals surface area contributed by atoms with Gasteiger partial charge in [0, 0.05) is 22.1 Å². The van der Waals surface area contributed by atoms with Crippen molar-refractivity contribution in [3.8, 4) is 17.0 Å². The molecule has 0 atom stereocenters. The van der Waals surface area contributed by atoms with E-state index in [4.69, 9.17) is 4.74 Å². The van der Waals surface area contributed by atoms with Gasteiger partial charge in [0.05, 0.1) is 12.3 Å². The van der Waals surface area contributed by atoms with Gasteiger partial charge in [-0.1, -0.05) is 55.5 Å². The van der Waals surface area contributed by atoms with Crippen LogP contribution in [0.15, 0.2) is 60.7 Å². The molecule has 0 saturated heterocycles. The number of hydrogen-bond acceptors (Lipinski definition) is 4. The van der Waals surface area contributed by atoms with Crippen molar-refractivity contribution in [2.75, 3.05) is 11.9 Å². The summed E-state index contributed by atoms with van der Waals surface area (Å²) in [6.45, 7) is 4.72. The lowest BCUT2D eigenvalue weighted by Gasteiger charge is -2.07. The highest BCUT2D eigenvalue weighted by Crippen LogP contribution is 2.30. The Morgan fingerprint density at radius 2 is 1.89 bits per heavy atom. The fourth-order valence-electron chi connectivity index (χ4n) is 2.59. The van der Waals surface area contributed by atoms with Crippen LogP contribution in [0, 0.1) is 6.92 Å². The van der Waals surface area contributed by atoms with E-state index in [1.807, 2.05) is 61.5 Å². The summed E-state index contributed by atoms with van der Waals surface area (Å²) in [6, 6.07) is 17.6. The molecule has 0 saturated carbocycles. The molecule has 0 aliphatic rings. The van der Waals surface area contributed by atoms with Crippen LogP contribution in [0.1, 0.15) is 23.8 Å². The maximum Gasteiger partial charge on any atom is 0.250 e. The smallest absolute Gasteiger partial charge is 0.250 e. The summed E-state index contributed by atoms with van der Waals surface area (Å²) in [5.74, 6) is 0.563. The van der Waals surface area contributed by atoms with Gasteiger partial charge in [-0.05, 0) is 25.5 Å². The van der Waals surface area contributed by atoms with Crippen LogP contribution in [0.25, 0.3) is 17.3 Å². The molecule has 1 aromatic heterocycles. The maximum atomic E-state index is 12.3. The minimum Gasteiger partial charge on any atom is -0.493 e. The fourth-order valence-corrected chi connectivity index (χ4v) is 3.43. The van der Waals surface area contributed by atoms with Crippen molar-refractivity contribution < 1.29 is 9.53 Å². The highest BCUT2D eigenvalue weighted by molar-refractivity contribution is 7.16. The van der Waals surface area contributed by atoms with Crippen molar-refractivity contribution in [1.29, 1.82) is 0 Å². The number of ether oxygens (including phenoxy) is 1. The number of aryl methyl sites for hydroxylation is 1. The molecule has 3 rings (SSSR count). The van der Waals surface area contributed by atoms with Crippen LogP contribution >= 0.6 is 11.3 Å². The lowest BCUT2D eigenvalue weighted by molar-refractivity contribution is -0.111. The largest absolute Gasteiger partial charge is 0.493 e. The normalized spacial score (nSPS) is 10.9. The summed E-state index contributed by atoms with van der Waals surface area (Å²) in [5.41, 5.74) is 2.82. The number of benzene rings is 2. The number of carbonyl (C=O) groups excluding carboxylic acids is 1. The van der Waals surface area contributed by atoms with Crippen molar-refractivity contribution in [3.05, 3.63) is 71.1 Å². The number of amides is 1. The van der Waals surface area contributed by atoms with Crippen LogP contribution in [0.3, 0.4) is 0 Å². The second kappa shape index (κ2) is 9.14. The van der Waals surface area contributed by atoms with Gasteiger partial charge in [0.25, 0.3) is 0 Å². The third kappa shape index (κ3) is 5.05. The van der Waals surface area contributed by atoms with E-state index in [1.165, 1.54) is 17.4 Å². The van der Waals surface area contributed by atoms with E-state index in [0.717, 1.165) is 33.9 Å². The summed E-state index contributed by atoms with van der Waals surface area (Å²) in [4.78, 5) is 17.9. The van der Waals surface area contributed by atoms with Crippen molar-refractivity contribution in [2.45, 2.75) is 20.3 Å². The lowest BCUT2D eigenvalue weighted by Crippen LogP contribution is -2.07. The second-order valence-electron chi connectivity index (χ2n) is 6.00. The van der Waals surface area contributed by atoms with Crippen LogP contribution in [0.5, 0.6) is 5.75 Å². The van der Waals surface area contributed by atoms with Gasteiger partial charge in [-0.15, -0.1) is 11.3 Å². The number of para-hydroxylation sites is 1. The van der Waals surface area contributed by atoms with E-state index in [1.54, 1.807) is 6.08 Å². The fraction of sp³-hybridized carbons (Fsp3) is 0.182. The Labute approximate surface area is 163 Å². The highest BCUT2D eigenvalue weighted by atomic mass is 32.1. The quantitative estimate of drug-likeness (QED) is 0.548. The molecule has 1 N–H and O–H groups in total. The first-order chi connectivity index (χ1) is 13.2. The Hall–Kier alpha value is -2.92. The third-order valence-corrected chi connectivity index (χ3v) is 4.76. The first kappa shape index (κ1) is 18.9. The van der Waals surface area contributed by atoms with Crippen molar-refractivity contribution in [2.24, 2.45) is 0 Å². The van der Waals surface area contributed by atoms with Crippen molar-refractivity contribution in [3.63, 3.8) is 0 Å². The summed E-state index contributed by atoms with van der Waals surface area (Å²) in [7, 11) is 0. The SMILES string of the molecule is CCCOc1ccccc1C=CC(=O)Nc1nc(-c2ccccc2)c(C)s1. The van der Waals surface area contributed by atoms with Gasteiger partial charge in [0.1, 0.15) is 5.75 Å². The number of thiazole rings is 1. The van der Waals surface area contributed by atoms with Gasteiger partial charge >= 0.3 is 0 Å². The summed E-state index contributed by atoms with van der Waals surface area (Å²) < 4.78 is 5.71. The van der Waals surface area contributed by atoms with Gasteiger partial charge < -0.3 is 4.74 Å². The molecule has 1 amide bonds. The zero-order chi connectivity index (χ0) is 19.1. The summed E-state index contributed by atoms with van der Waals surface area (Å²) in [5, 5.41) is 3.44. The van der Waals surface area contributed by atoms with Gasteiger partial charge in [-0.3, -0.25) is 10.1 Å². The zero-order valence-electron chi connectivity index (χ0n) is 15.4. The molecule has 0 fully saturated rings. The molecule has 3 aromatic rings. The van der Waals surface area contributed by atoms with E-state index in [2.05, 4.69) is 17.2 Å². The molecular formula is C22H22N2O2S. The molecule has 2 aromatic carbocycles.